The van der Waals surface area contributed by atoms with E-state index in [1.165, 1.54) is 0 Å². The Labute approximate surface area is 193 Å². The summed E-state index contributed by atoms with van der Waals surface area (Å²) in [5, 5.41) is 0. The lowest BCUT2D eigenvalue weighted by molar-refractivity contribution is -0.122. The molecule has 0 aliphatic carbocycles. The standard InChI is InChI=1S/C24H27FN2O5S/c1-16(2)17-5-9-19(10-6-17)27-23(28)14-22(24(27)29)26(15-20-4-3-13-32-20)33(30,31)21-11-7-18(25)8-12-21/h5-12,16,20,22H,3-4,13-15H2,1-2H3. The number of halogens is 1. The number of hydrogen-bond donors (Lipinski definition) is 0. The van der Waals surface area contributed by atoms with Gasteiger partial charge in [-0.3, -0.25) is 9.59 Å². The second-order valence-electron chi connectivity index (χ2n) is 8.70. The number of hydrogen-bond acceptors (Lipinski definition) is 5. The van der Waals surface area contributed by atoms with E-state index in [1.54, 1.807) is 12.1 Å². The molecule has 2 saturated heterocycles. The average Bonchev–Trinajstić information content (AvgIpc) is 3.39. The summed E-state index contributed by atoms with van der Waals surface area (Å²) in [5.41, 5.74) is 1.47. The molecule has 0 saturated carbocycles. The van der Waals surface area contributed by atoms with Gasteiger partial charge in [0, 0.05) is 13.2 Å². The number of benzene rings is 2. The van der Waals surface area contributed by atoms with Crippen molar-refractivity contribution in [2.45, 2.75) is 56.1 Å². The third-order valence-corrected chi connectivity index (χ3v) is 8.01. The van der Waals surface area contributed by atoms with Gasteiger partial charge in [0.2, 0.25) is 15.9 Å². The van der Waals surface area contributed by atoms with E-state index in [9.17, 15) is 22.4 Å². The zero-order valence-electron chi connectivity index (χ0n) is 18.6. The quantitative estimate of drug-likeness (QED) is 0.574. The van der Waals surface area contributed by atoms with E-state index in [0.717, 1.165) is 45.5 Å². The van der Waals surface area contributed by atoms with Crippen LogP contribution in [-0.4, -0.2) is 49.8 Å². The van der Waals surface area contributed by atoms with Crippen LogP contribution in [0.3, 0.4) is 0 Å². The molecule has 4 rings (SSSR count). The molecular weight excluding hydrogens is 447 g/mol. The van der Waals surface area contributed by atoms with Crippen LogP contribution in [0.1, 0.15) is 44.6 Å². The van der Waals surface area contributed by atoms with Crippen molar-refractivity contribution >= 4 is 27.5 Å². The maximum atomic E-state index is 13.5. The highest BCUT2D eigenvalue weighted by Gasteiger charge is 2.47. The fourth-order valence-corrected chi connectivity index (χ4v) is 5.86. The van der Waals surface area contributed by atoms with Crippen LogP contribution in [0, 0.1) is 5.82 Å². The second kappa shape index (κ2) is 9.32. The highest BCUT2D eigenvalue weighted by atomic mass is 32.2. The maximum Gasteiger partial charge on any atom is 0.252 e. The summed E-state index contributed by atoms with van der Waals surface area (Å²) in [7, 11) is -4.18. The molecule has 0 spiro atoms. The van der Waals surface area contributed by atoms with Gasteiger partial charge in [0.1, 0.15) is 11.9 Å². The Kier molecular flexibility index (Phi) is 6.65. The lowest BCUT2D eigenvalue weighted by Gasteiger charge is -2.29. The summed E-state index contributed by atoms with van der Waals surface area (Å²) in [6.07, 6.45) is 0.811. The molecule has 2 aliphatic heterocycles. The first kappa shape index (κ1) is 23.5. The first-order valence-electron chi connectivity index (χ1n) is 11.0. The summed E-state index contributed by atoms with van der Waals surface area (Å²) in [6, 6.07) is 10.4. The third-order valence-electron chi connectivity index (χ3n) is 6.12. The van der Waals surface area contributed by atoms with Crippen molar-refractivity contribution in [1.82, 2.24) is 4.31 Å². The molecule has 2 aliphatic rings. The lowest BCUT2D eigenvalue weighted by atomic mass is 10.0. The fraction of sp³-hybridized carbons (Fsp3) is 0.417. The largest absolute Gasteiger partial charge is 0.377 e. The number of carbonyl (C=O) groups is 2. The van der Waals surface area contributed by atoms with Crippen LogP contribution in [0.25, 0.3) is 0 Å². The predicted octanol–water partition coefficient (Wildman–Crippen LogP) is 3.45. The van der Waals surface area contributed by atoms with Crippen LogP contribution in [0.15, 0.2) is 53.4 Å². The van der Waals surface area contributed by atoms with Gasteiger partial charge in [0.05, 0.1) is 23.1 Å². The monoisotopic (exact) mass is 474 g/mol. The Bertz CT molecular complexity index is 1130. The zero-order valence-corrected chi connectivity index (χ0v) is 19.4. The van der Waals surface area contributed by atoms with Gasteiger partial charge in [0.25, 0.3) is 5.91 Å². The van der Waals surface area contributed by atoms with Crippen molar-refractivity contribution in [3.63, 3.8) is 0 Å². The van der Waals surface area contributed by atoms with Gasteiger partial charge >= 0.3 is 0 Å². The lowest BCUT2D eigenvalue weighted by Crippen LogP contribution is -2.48. The van der Waals surface area contributed by atoms with Crippen LogP contribution in [0.2, 0.25) is 0 Å². The van der Waals surface area contributed by atoms with E-state index < -0.39 is 33.7 Å². The van der Waals surface area contributed by atoms with Gasteiger partial charge < -0.3 is 4.74 Å². The van der Waals surface area contributed by atoms with Gasteiger partial charge in [-0.15, -0.1) is 0 Å². The van der Waals surface area contributed by atoms with E-state index in [0.29, 0.717) is 24.6 Å². The van der Waals surface area contributed by atoms with Crippen molar-refractivity contribution in [2.75, 3.05) is 18.1 Å². The number of rotatable bonds is 7. The van der Waals surface area contributed by atoms with Gasteiger partial charge in [-0.2, -0.15) is 4.31 Å². The second-order valence-corrected chi connectivity index (χ2v) is 10.6. The average molecular weight is 475 g/mol. The third kappa shape index (κ3) is 4.71. The van der Waals surface area contributed by atoms with Crippen LogP contribution in [-0.2, 0) is 24.3 Å². The molecule has 0 N–H and O–H groups in total. The molecule has 0 aromatic heterocycles. The van der Waals surface area contributed by atoms with E-state index in [1.807, 2.05) is 26.0 Å². The van der Waals surface area contributed by atoms with Crippen molar-refractivity contribution in [2.24, 2.45) is 0 Å². The number of anilines is 1. The molecule has 7 nitrogen and oxygen atoms in total. The highest BCUT2D eigenvalue weighted by Crippen LogP contribution is 2.31. The zero-order chi connectivity index (χ0) is 23.8. The predicted molar refractivity (Wildman–Crippen MR) is 121 cm³/mol. The van der Waals surface area contributed by atoms with Gasteiger partial charge in [-0.1, -0.05) is 26.0 Å². The first-order valence-corrected chi connectivity index (χ1v) is 12.5. The Morgan fingerprint density at radius 2 is 1.76 bits per heavy atom. The van der Waals surface area contributed by atoms with Crippen LogP contribution in [0.5, 0.6) is 0 Å². The van der Waals surface area contributed by atoms with Crippen molar-refractivity contribution < 1.29 is 27.1 Å². The Morgan fingerprint density at radius 3 is 2.33 bits per heavy atom. The SMILES string of the molecule is CC(C)c1ccc(N2C(=O)CC(N(CC3CCCO3)S(=O)(=O)c3ccc(F)cc3)C2=O)cc1. The molecule has 2 fully saturated rings. The number of amides is 2. The van der Waals surface area contributed by atoms with E-state index >= 15 is 0 Å². The van der Waals surface area contributed by atoms with Crippen molar-refractivity contribution in [3.8, 4) is 0 Å². The van der Waals surface area contributed by atoms with E-state index in [4.69, 9.17) is 4.74 Å². The molecule has 0 radical (unpaired) electrons. The van der Waals surface area contributed by atoms with Gasteiger partial charge in [-0.05, 0) is 60.7 Å². The Balaban J connectivity index is 1.67. The molecule has 2 atom stereocenters. The summed E-state index contributed by atoms with van der Waals surface area (Å²) < 4.78 is 47.1. The molecule has 2 aromatic carbocycles. The van der Waals surface area contributed by atoms with Crippen LogP contribution < -0.4 is 4.90 Å². The smallest absolute Gasteiger partial charge is 0.252 e. The molecule has 176 valence electrons. The number of ether oxygens (including phenoxy) is 1. The number of imide groups is 1. The molecule has 2 heterocycles. The van der Waals surface area contributed by atoms with Gasteiger partial charge in [0.15, 0.2) is 0 Å². The molecule has 33 heavy (non-hydrogen) atoms. The maximum absolute atomic E-state index is 13.5. The summed E-state index contributed by atoms with van der Waals surface area (Å²) in [4.78, 5) is 27.2. The summed E-state index contributed by atoms with van der Waals surface area (Å²) in [5.74, 6) is -1.34. The summed E-state index contributed by atoms with van der Waals surface area (Å²) in [6.45, 7) is 4.55. The molecule has 2 amide bonds. The number of carbonyl (C=O) groups excluding carboxylic acids is 2. The number of nitrogens with zero attached hydrogens (tertiary/aromatic N) is 2. The highest BCUT2D eigenvalue weighted by molar-refractivity contribution is 7.89. The van der Waals surface area contributed by atoms with Crippen molar-refractivity contribution in [3.05, 3.63) is 59.9 Å². The number of sulfonamides is 1. The Hall–Kier alpha value is -2.62. The van der Waals surface area contributed by atoms with E-state index in [2.05, 4.69) is 0 Å². The normalized spacial score (nSPS) is 21.5. The van der Waals surface area contributed by atoms with Crippen LogP contribution >= 0.6 is 0 Å². The Morgan fingerprint density at radius 1 is 1.09 bits per heavy atom. The van der Waals surface area contributed by atoms with Crippen LogP contribution in [0.4, 0.5) is 10.1 Å². The molecular formula is C24H27FN2O5S. The summed E-state index contributed by atoms with van der Waals surface area (Å²) >= 11 is 0. The minimum absolute atomic E-state index is 0.0521. The van der Waals surface area contributed by atoms with E-state index in [-0.39, 0.29) is 24.0 Å². The first-order chi connectivity index (χ1) is 15.7. The molecule has 0 bridgehead atoms. The fourth-order valence-electron chi connectivity index (χ4n) is 4.24. The minimum Gasteiger partial charge on any atom is -0.377 e. The van der Waals surface area contributed by atoms with Crippen molar-refractivity contribution in [1.29, 1.82) is 0 Å². The minimum atomic E-state index is -4.18. The molecule has 2 aromatic rings. The topological polar surface area (TPSA) is 84.0 Å². The van der Waals surface area contributed by atoms with Gasteiger partial charge in [-0.25, -0.2) is 17.7 Å². The molecule has 2 unspecified atom stereocenters. The molecule has 9 heteroatoms.